The van der Waals surface area contributed by atoms with Gasteiger partial charge in [0, 0.05) is 12.3 Å². The van der Waals surface area contributed by atoms with Crippen LogP contribution in [0.3, 0.4) is 0 Å². The highest BCUT2D eigenvalue weighted by molar-refractivity contribution is 5.89. The summed E-state index contributed by atoms with van der Waals surface area (Å²) in [4.78, 5) is 15.8. The molecule has 0 saturated heterocycles. The van der Waals surface area contributed by atoms with E-state index < -0.39 is 12.0 Å². The Morgan fingerprint density at radius 3 is 2.57 bits per heavy atom. The van der Waals surface area contributed by atoms with Crippen LogP contribution in [0.25, 0.3) is 0 Å². The van der Waals surface area contributed by atoms with Crippen molar-refractivity contribution < 1.29 is 23.0 Å². The van der Waals surface area contributed by atoms with Crippen LogP contribution in [0.15, 0.2) is 30.0 Å². The second-order valence-corrected chi connectivity index (χ2v) is 5.22. The molecule has 0 saturated carbocycles. The molecule has 1 aromatic heterocycles. The first-order chi connectivity index (χ1) is 11.0. The summed E-state index contributed by atoms with van der Waals surface area (Å²) in [5, 5.41) is 0. The van der Waals surface area contributed by atoms with Crippen molar-refractivity contribution in [3.8, 4) is 5.88 Å². The number of halogens is 2. The van der Waals surface area contributed by atoms with Crippen LogP contribution in [-0.4, -0.2) is 24.2 Å². The second-order valence-electron chi connectivity index (χ2n) is 5.22. The van der Waals surface area contributed by atoms with E-state index in [1.54, 1.807) is 12.1 Å². The Labute approximate surface area is 135 Å². The molecule has 1 aromatic rings. The molecule has 0 aliphatic heterocycles. The van der Waals surface area contributed by atoms with Crippen molar-refractivity contribution in [2.45, 2.75) is 46.0 Å². The minimum Gasteiger partial charge on any atom is -0.478 e. The molecule has 0 radical (unpaired) electrons. The van der Waals surface area contributed by atoms with Crippen LogP contribution in [0, 0.1) is 0 Å². The largest absolute Gasteiger partial charge is 0.478 e. The van der Waals surface area contributed by atoms with E-state index in [0.717, 1.165) is 12.8 Å². The molecule has 1 rings (SSSR count). The summed E-state index contributed by atoms with van der Waals surface area (Å²) in [6.07, 6.45) is 3.18. The SMILES string of the molecule is CCCCOc1ccc(C(=O)OCCCCC(C)=C(F)F)cn1. The molecule has 0 N–H and O–H groups in total. The van der Waals surface area contributed by atoms with Gasteiger partial charge in [0.2, 0.25) is 5.88 Å². The number of esters is 1. The summed E-state index contributed by atoms with van der Waals surface area (Å²) in [5.74, 6) is 0.00653. The summed E-state index contributed by atoms with van der Waals surface area (Å²) >= 11 is 0. The van der Waals surface area contributed by atoms with Crippen molar-refractivity contribution in [1.82, 2.24) is 4.98 Å². The van der Waals surface area contributed by atoms with E-state index in [0.29, 0.717) is 37.3 Å². The molecule has 128 valence electrons. The number of hydrogen-bond acceptors (Lipinski definition) is 4. The first kappa shape index (κ1) is 19.1. The summed E-state index contributed by atoms with van der Waals surface area (Å²) in [5.41, 5.74) is 0.429. The van der Waals surface area contributed by atoms with Gasteiger partial charge < -0.3 is 9.47 Å². The fourth-order valence-corrected chi connectivity index (χ4v) is 1.74. The van der Waals surface area contributed by atoms with Gasteiger partial charge in [-0.1, -0.05) is 13.3 Å². The molecule has 0 aromatic carbocycles. The lowest BCUT2D eigenvalue weighted by Gasteiger charge is -2.06. The van der Waals surface area contributed by atoms with Crippen LogP contribution < -0.4 is 4.74 Å². The van der Waals surface area contributed by atoms with Gasteiger partial charge in [-0.25, -0.2) is 9.78 Å². The first-order valence-electron chi connectivity index (χ1n) is 7.81. The zero-order valence-corrected chi connectivity index (χ0v) is 13.6. The topological polar surface area (TPSA) is 48.4 Å². The van der Waals surface area contributed by atoms with E-state index in [9.17, 15) is 13.6 Å². The monoisotopic (exact) mass is 327 g/mol. The molecule has 0 aliphatic rings. The fourth-order valence-electron chi connectivity index (χ4n) is 1.74. The zero-order valence-electron chi connectivity index (χ0n) is 13.6. The third-order valence-electron chi connectivity index (χ3n) is 3.22. The number of carbonyl (C=O) groups is 1. The van der Waals surface area contributed by atoms with E-state index in [-0.39, 0.29) is 12.2 Å². The Morgan fingerprint density at radius 2 is 1.96 bits per heavy atom. The molecule has 23 heavy (non-hydrogen) atoms. The highest BCUT2D eigenvalue weighted by Crippen LogP contribution is 2.14. The van der Waals surface area contributed by atoms with Gasteiger partial charge in [-0.3, -0.25) is 0 Å². The van der Waals surface area contributed by atoms with Crippen molar-refractivity contribution in [1.29, 1.82) is 0 Å². The minimum atomic E-state index is -1.63. The maximum absolute atomic E-state index is 12.2. The molecule has 0 atom stereocenters. The van der Waals surface area contributed by atoms with Gasteiger partial charge in [0.25, 0.3) is 6.08 Å². The molecule has 4 nitrogen and oxygen atoms in total. The quantitative estimate of drug-likeness (QED) is 0.459. The lowest BCUT2D eigenvalue weighted by molar-refractivity contribution is 0.0498. The van der Waals surface area contributed by atoms with Crippen LogP contribution in [-0.2, 0) is 4.74 Å². The number of unbranched alkanes of at least 4 members (excludes halogenated alkanes) is 2. The number of hydrogen-bond donors (Lipinski definition) is 0. The van der Waals surface area contributed by atoms with E-state index in [4.69, 9.17) is 9.47 Å². The molecule has 0 unspecified atom stereocenters. The molecule has 0 fully saturated rings. The van der Waals surface area contributed by atoms with Crippen LogP contribution in [0.2, 0.25) is 0 Å². The summed E-state index contributed by atoms with van der Waals surface area (Å²) in [6.45, 7) is 4.27. The summed E-state index contributed by atoms with van der Waals surface area (Å²) in [7, 11) is 0. The van der Waals surface area contributed by atoms with E-state index in [1.165, 1.54) is 13.1 Å². The van der Waals surface area contributed by atoms with Crippen LogP contribution in [0.5, 0.6) is 5.88 Å². The number of allylic oxidation sites excluding steroid dienone is 1. The third kappa shape index (κ3) is 7.72. The van der Waals surface area contributed by atoms with Crippen LogP contribution >= 0.6 is 0 Å². The number of rotatable bonds is 10. The average Bonchev–Trinajstić information content (AvgIpc) is 2.55. The van der Waals surface area contributed by atoms with Crippen molar-refractivity contribution in [3.63, 3.8) is 0 Å². The predicted octanol–water partition coefficient (Wildman–Crippen LogP) is 4.76. The Balaban J connectivity index is 2.28. The molecule has 0 aliphatic carbocycles. The molecule has 0 bridgehead atoms. The van der Waals surface area contributed by atoms with E-state index >= 15 is 0 Å². The Kier molecular flexibility index (Phi) is 8.87. The molecule has 6 heteroatoms. The molecular weight excluding hydrogens is 304 g/mol. The van der Waals surface area contributed by atoms with Gasteiger partial charge in [-0.2, -0.15) is 8.78 Å². The molecule has 0 spiro atoms. The Hall–Kier alpha value is -1.98. The lowest BCUT2D eigenvalue weighted by atomic mass is 10.1. The van der Waals surface area contributed by atoms with Crippen LogP contribution in [0.4, 0.5) is 8.78 Å². The number of carbonyl (C=O) groups excluding carboxylic acids is 1. The first-order valence-corrected chi connectivity index (χ1v) is 7.81. The molecule has 0 amide bonds. The maximum Gasteiger partial charge on any atom is 0.339 e. The zero-order chi connectivity index (χ0) is 17.1. The number of ether oxygens (including phenoxy) is 2. The molecular formula is C17H23F2NO3. The second kappa shape index (κ2) is 10.7. The van der Waals surface area contributed by atoms with Crippen LogP contribution in [0.1, 0.15) is 56.3 Å². The smallest absolute Gasteiger partial charge is 0.339 e. The van der Waals surface area contributed by atoms with E-state index in [1.807, 2.05) is 0 Å². The third-order valence-corrected chi connectivity index (χ3v) is 3.22. The Morgan fingerprint density at radius 1 is 1.17 bits per heavy atom. The van der Waals surface area contributed by atoms with Crippen molar-refractivity contribution >= 4 is 5.97 Å². The lowest BCUT2D eigenvalue weighted by Crippen LogP contribution is -2.07. The predicted molar refractivity (Wildman–Crippen MR) is 83.7 cm³/mol. The highest BCUT2D eigenvalue weighted by Gasteiger charge is 2.08. The Bertz CT molecular complexity index is 511. The molecule has 1 heterocycles. The standard InChI is InChI=1S/C17H23F2NO3/c1-3-4-10-22-15-9-8-14(12-20-15)17(21)23-11-6-5-7-13(2)16(18)19/h8-9,12H,3-7,10-11H2,1-2H3. The highest BCUT2D eigenvalue weighted by atomic mass is 19.3. The average molecular weight is 327 g/mol. The maximum atomic E-state index is 12.2. The van der Waals surface area contributed by atoms with Crippen molar-refractivity contribution in [2.75, 3.05) is 13.2 Å². The van der Waals surface area contributed by atoms with Crippen molar-refractivity contribution in [2.24, 2.45) is 0 Å². The van der Waals surface area contributed by atoms with Gasteiger partial charge in [0.05, 0.1) is 18.8 Å². The van der Waals surface area contributed by atoms with Gasteiger partial charge in [-0.05, 0) is 44.2 Å². The van der Waals surface area contributed by atoms with Gasteiger partial charge in [0.1, 0.15) is 0 Å². The summed E-state index contributed by atoms with van der Waals surface area (Å²) in [6, 6.07) is 3.23. The number of pyridine rings is 1. The minimum absolute atomic E-state index is 0.0826. The van der Waals surface area contributed by atoms with Gasteiger partial charge in [-0.15, -0.1) is 0 Å². The van der Waals surface area contributed by atoms with Gasteiger partial charge in [0.15, 0.2) is 0 Å². The summed E-state index contributed by atoms with van der Waals surface area (Å²) < 4.78 is 34.9. The fraction of sp³-hybridized carbons (Fsp3) is 0.529. The normalized spacial score (nSPS) is 10.3. The number of aromatic nitrogens is 1. The van der Waals surface area contributed by atoms with Crippen molar-refractivity contribution in [3.05, 3.63) is 35.5 Å². The number of nitrogens with zero attached hydrogens (tertiary/aromatic N) is 1. The van der Waals surface area contributed by atoms with Gasteiger partial charge >= 0.3 is 5.97 Å². The van der Waals surface area contributed by atoms with E-state index in [2.05, 4.69) is 11.9 Å².